The maximum absolute atomic E-state index is 11.4. The second-order valence-electron chi connectivity index (χ2n) is 4.03. The van der Waals surface area contributed by atoms with Crippen molar-refractivity contribution in [1.82, 2.24) is 4.90 Å². The molecule has 1 aliphatic rings. The lowest BCUT2D eigenvalue weighted by Gasteiger charge is -2.30. The highest BCUT2D eigenvalue weighted by atomic mass is 16.5. The molecule has 1 saturated heterocycles. The lowest BCUT2D eigenvalue weighted by Crippen LogP contribution is -2.43. The Morgan fingerprint density at radius 3 is 2.93 bits per heavy atom. The molecule has 0 spiro atoms. The molecule has 0 bridgehead atoms. The first-order valence-electron chi connectivity index (χ1n) is 5.43. The number of carbonyl (C=O) groups excluding carboxylic acids is 2. The predicted octanol–water partition coefficient (Wildman–Crippen LogP) is 0.503. The van der Waals surface area contributed by atoms with Gasteiger partial charge < -0.3 is 4.74 Å². The Bertz CT molecular complexity index is 240. The Balaban J connectivity index is 2.38. The number of nitrogens with zero attached hydrogens (tertiary/aromatic N) is 1. The lowest BCUT2D eigenvalue weighted by molar-refractivity contribution is -0.130. The fourth-order valence-corrected chi connectivity index (χ4v) is 1.93. The molecule has 1 aliphatic heterocycles. The molecule has 1 heterocycles. The fourth-order valence-electron chi connectivity index (χ4n) is 1.93. The number of hydrogen-bond donors (Lipinski definition) is 0. The summed E-state index contributed by atoms with van der Waals surface area (Å²) < 4.78 is 4.78. The molecule has 1 atom stereocenters. The third-order valence-corrected chi connectivity index (χ3v) is 2.81. The van der Waals surface area contributed by atoms with E-state index in [2.05, 4.69) is 4.90 Å². The summed E-state index contributed by atoms with van der Waals surface area (Å²) in [5.74, 6) is 0.545. The van der Waals surface area contributed by atoms with E-state index < -0.39 is 0 Å². The van der Waals surface area contributed by atoms with Crippen LogP contribution in [0.1, 0.15) is 19.8 Å². The molecule has 0 aromatic rings. The van der Waals surface area contributed by atoms with Crippen molar-refractivity contribution in [3.8, 4) is 0 Å². The van der Waals surface area contributed by atoms with E-state index >= 15 is 0 Å². The average Bonchev–Trinajstić information content (AvgIpc) is 2.21. The summed E-state index contributed by atoms with van der Waals surface area (Å²) >= 11 is 0. The number of rotatable bonds is 5. The molecule has 0 aliphatic carbocycles. The van der Waals surface area contributed by atoms with E-state index in [1.54, 1.807) is 0 Å². The molecule has 86 valence electrons. The molecule has 4 heteroatoms. The number of Topliss-reactive ketones (excluding diaryl/α,β-unsaturated/α-hetero) is 2. The summed E-state index contributed by atoms with van der Waals surface area (Å²) in [6.45, 7) is 4.04. The molecule has 0 radical (unpaired) electrons. The molecule has 1 rings (SSSR count). The normalized spacial score (nSPS) is 23.1. The average molecular weight is 213 g/mol. The van der Waals surface area contributed by atoms with Crippen LogP contribution in [-0.4, -0.2) is 49.8 Å². The van der Waals surface area contributed by atoms with Gasteiger partial charge in [0.1, 0.15) is 12.4 Å². The van der Waals surface area contributed by atoms with Gasteiger partial charge in [0.05, 0.1) is 6.54 Å². The second kappa shape index (κ2) is 5.98. The van der Waals surface area contributed by atoms with Gasteiger partial charge in [-0.2, -0.15) is 0 Å². The van der Waals surface area contributed by atoms with Gasteiger partial charge in [0.2, 0.25) is 0 Å². The molecule has 1 unspecified atom stereocenters. The quantitative estimate of drug-likeness (QED) is 0.667. The summed E-state index contributed by atoms with van der Waals surface area (Å²) in [7, 11) is 1.52. The van der Waals surface area contributed by atoms with Crippen molar-refractivity contribution in [2.45, 2.75) is 19.8 Å². The number of piperidine rings is 1. The highest BCUT2D eigenvalue weighted by molar-refractivity contribution is 5.84. The summed E-state index contributed by atoms with van der Waals surface area (Å²) in [6.07, 6.45) is 1.45. The van der Waals surface area contributed by atoms with Crippen molar-refractivity contribution >= 4 is 11.6 Å². The van der Waals surface area contributed by atoms with E-state index in [-0.39, 0.29) is 18.3 Å². The Hall–Kier alpha value is -0.740. The number of methoxy groups -OCH3 is 1. The number of ketones is 2. The summed E-state index contributed by atoms with van der Waals surface area (Å²) in [6, 6.07) is 0. The van der Waals surface area contributed by atoms with Crippen LogP contribution in [0, 0.1) is 5.92 Å². The van der Waals surface area contributed by atoms with Crippen molar-refractivity contribution in [1.29, 1.82) is 0 Å². The molecule has 1 fully saturated rings. The first-order valence-corrected chi connectivity index (χ1v) is 5.43. The highest BCUT2D eigenvalue weighted by Crippen LogP contribution is 2.15. The van der Waals surface area contributed by atoms with Crippen LogP contribution < -0.4 is 0 Å². The molecule has 0 aromatic heterocycles. The molecule has 0 amide bonds. The van der Waals surface area contributed by atoms with Gasteiger partial charge in [0, 0.05) is 32.5 Å². The van der Waals surface area contributed by atoms with Crippen molar-refractivity contribution in [2.24, 2.45) is 5.92 Å². The van der Waals surface area contributed by atoms with E-state index in [1.807, 2.05) is 6.92 Å². The number of hydrogen-bond acceptors (Lipinski definition) is 4. The number of ether oxygens (including phenoxy) is 1. The maximum atomic E-state index is 11.4. The van der Waals surface area contributed by atoms with Crippen molar-refractivity contribution < 1.29 is 14.3 Å². The number of carbonyl (C=O) groups is 2. The van der Waals surface area contributed by atoms with E-state index in [4.69, 9.17) is 4.74 Å². The van der Waals surface area contributed by atoms with Gasteiger partial charge in [0.15, 0.2) is 5.78 Å². The van der Waals surface area contributed by atoms with Crippen molar-refractivity contribution in [2.75, 3.05) is 33.4 Å². The monoisotopic (exact) mass is 213 g/mol. The zero-order valence-corrected chi connectivity index (χ0v) is 9.49. The minimum Gasteiger partial charge on any atom is -0.377 e. The molecule has 4 nitrogen and oxygen atoms in total. The van der Waals surface area contributed by atoms with Crippen LogP contribution in [0.25, 0.3) is 0 Å². The van der Waals surface area contributed by atoms with Crippen LogP contribution in [-0.2, 0) is 14.3 Å². The van der Waals surface area contributed by atoms with Gasteiger partial charge in [-0.05, 0) is 6.42 Å². The second-order valence-corrected chi connectivity index (χ2v) is 4.03. The molecule has 0 saturated carbocycles. The third-order valence-electron chi connectivity index (χ3n) is 2.81. The van der Waals surface area contributed by atoms with Gasteiger partial charge >= 0.3 is 0 Å². The SMILES string of the molecule is CCC1CN(CC(=O)COC)CCC1=O. The van der Waals surface area contributed by atoms with E-state index in [0.717, 1.165) is 13.0 Å². The Morgan fingerprint density at radius 1 is 1.60 bits per heavy atom. The smallest absolute Gasteiger partial charge is 0.172 e. The van der Waals surface area contributed by atoms with Gasteiger partial charge in [-0.15, -0.1) is 0 Å². The molecule has 15 heavy (non-hydrogen) atoms. The molecule has 0 N–H and O–H groups in total. The minimum absolute atomic E-state index is 0.0849. The first kappa shape index (κ1) is 12.3. The first-order chi connectivity index (χ1) is 7.17. The van der Waals surface area contributed by atoms with Gasteiger partial charge in [-0.1, -0.05) is 6.92 Å². The Kier molecular flexibility index (Phi) is 4.91. The predicted molar refractivity (Wildman–Crippen MR) is 56.7 cm³/mol. The van der Waals surface area contributed by atoms with Crippen LogP contribution in [0.15, 0.2) is 0 Å². The van der Waals surface area contributed by atoms with E-state index in [0.29, 0.717) is 25.3 Å². The largest absolute Gasteiger partial charge is 0.377 e. The lowest BCUT2D eigenvalue weighted by atomic mass is 9.94. The van der Waals surface area contributed by atoms with Crippen LogP contribution in [0.2, 0.25) is 0 Å². The highest BCUT2D eigenvalue weighted by Gasteiger charge is 2.26. The summed E-state index contributed by atoms with van der Waals surface area (Å²) in [5.41, 5.74) is 0. The van der Waals surface area contributed by atoms with Crippen LogP contribution in [0.3, 0.4) is 0 Å². The van der Waals surface area contributed by atoms with Crippen LogP contribution in [0.4, 0.5) is 0 Å². The van der Waals surface area contributed by atoms with E-state index in [1.165, 1.54) is 7.11 Å². The van der Waals surface area contributed by atoms with Gasteiger partial charge in [-0.25, -0.2) is 0 Å². The zero-order valence-electron chi connectivity index (χ0n) is 9.49. The molecular formula is C11H19NO3. The standard InChI is InChI=1S/C11H19NO3/c1-3-9-6-12(5-4-11(9)14)7-10(13)8-15-2/h9H,3-8H2,1-2H3. The molecule has 0 aromatic carbocycles. The Morgan fingerprint density at radius 2 is 2.33 bits per heavy atom. The fraction of sp³-hybridized carbons (Fsp3) is 0.818. The Labute approximate surface area is 90.6 Å². The van der Waals surface area contributed by atoms with Crippen molar-refractivity contribution in [3.05, 3.63) is 0 Å². The minimum atomic E-state index is 0.0849. The topological polar surface area (TPSA) is 46.6 Å². The zero-order chi connectivity index (χ0) is 11.3. The summed E-state index contributed by atoms with van der Waals surface area (Å²) in [5, 5.41) is 0. The van der Waals surface area contributed by atoms with Gasteiger partial charge in [-0.3, -0.25) is 14.5 Å². The van der Waals surface area contributed by atoms with E-state index in [9.17, 15) is 9.59 Å². The van der Waals surface area contributed by atoms with Crippen LogP contribution in [0.5, 0.6) is 0 Å². The molecular weight excluding hydrogens is 194 g/mol. The summed E-state index contributed by atoms with van der Waals surface area (Å²) in [4.78, 5) is 24.8. The van der Waals surface area contributed by atoms with Crippen molar-refractivity contribution in [3.63, 3.8) is 0 Å². The maximum Gasteiger partial charge on any atom is 0.172 e. The number of likely N-dealkylation sites (tertiary alicyclic amines) is 1. The van der Waals surface area contributed by atoms with Crippen LogP contribution >= 0.6 is 0 Å². The van der Waals surface area contributed by atoms with Gasteiger partial charge in [0.25, 0.3) is 0 Å². The third kappa shape index (κ3) is 3.72.